The topological polar surface area (TPSA) is 67.9 Å². The van der Waals surface area contributed by atoms with Gasteiger partial charge in [0.2, 0.25) is 5.91 Å². The number of amides is 2. The van der Waals surface area contributed by atoms with Gasteiger partial charge in [0.05, 0.1) is 13.5 Å². The van der Waals surface area contributed by atoms with Crippen molar-refractivity contribution < 1.29 is 23.5 Å². The van der Waals surface area contributed by atoms with Crippen molar-refractivity contribution in [1.82, 2.24) is 4.90 Å². The van der Waals surface area contributed by atoms with Crippen LogP contribution in [0.1, 0.15) is 16.7 Å². The molecule has 0 saturated carbocycles. The fourth-order valence-electron chi connectivity index (χ4n) is 3.74. The minimum atomic E-state index is -0.284. The van der Waals surface area contributed by atoms with Gasteiger partial charge in [-0.2, -0.15) is 0 Å². The van der Waals surface area contributed by atoms with E-state index in [4.69, 9.17) is 9.47 Å². The zero-order valence-corrected chi connectivity index (χ0v) is 18.3. The number of hydrogen-bond donors (Lipinski definition) is 1. The van der Waals surface area contributed by atoms with Crippen LogP contribution in [0.3, 0.4) is 0 Å². The van der Waals surface area contributed by atoms with Crippen molar-refractivity contribution >= 4 is 17.5 Å². The molecule has 3 aromatic rings. The second-order valence-electron chi connectivity index (χ2n) is 7.88. The van der Waals surface area contributed by atoms with Gasteiger partial charge in [-0.25, -0.2) is 4.39 Å². The van der Waals surface area contributed by atoms with E-state index in [1.807, 2.05) is 30.3 Å². The fourth-order valence-corrected chi connectivity index (χ4v) is 3.74. The van der Waals surface area contributed by atoms with Gasteiger partial charge in [-0.15, -0.1) is 0 Å². The maximum absolute atomic E-state index is 13.1. The minimum absolute atomic E-state index is 0.0437. The van der Waals surface area contributed by atoms with Crippen LogP contribution in [0.5, 0.6) is 11.5 Å². The van der Waals surface area contributed by atoms with E-state index in [1.54, 1.807) is 36.3 Å². The lowest BCUT2D eigenvalue weighted by Crippen LogP contribution is -2.34. The van der Waals surface area contributed by atoms with Crippen molar-refractivity contribution in [3.63, 3.8) is 0 Å². The average molecular weight is 448 g/mol. The molecule has 0 fully saturated rings. The Hall–Kier alpha value is -3.87. The third kappa shape index (κ3) is 5.88. The number of nitrogens with one attached hydrogen (secondary N) is 1. The van der Waals surface area contributed by atoms with Gasteiger partial charge < -0.3 is 19.7 Å². The number of benzene rings is 3. The van der Waals surface area contributed by atoms with Crippen LogP contribution in [0, 0.1) is 5.82 Å². The highest BCUT2D eigenvalue weighted by Gasteiger charge is 2.22. The molecule has 4 rings (SSSR count). The third-order valence-corrected chi connectivity index (χ3v) is 5.49. The van der Waals surface area contributed by atoms with Crippen molar-refractivity contribution in [1.29, 1.82) is 0 Å². The number of nitrogens with zero attached hydrogens (tertiary/aromatic N) is 1. The number of rotatable bonds is 7. The quantitative estimate of drug-likeness (QED) is 0.594. The van der Waals surface area contributed by atoms with Gasteiger partial charge in [0.15, 0.2) is 6.61 Å². The molecule has 1 aliphatic heterocycles. The van der Waals surface area contributed by atoms with E-state index < -0.39 is 0 Å². The van der Waals surface area contributed by atoms with Crippen LogP contribution in [0.25, 0.3) is 0 Å². The summed E-state index contributed by atoms with van der Waals surface area (Å²) in [4.78, 5) is 26.8. The van der Waals surface area contributed by atoms with Crippen molar-refractivity contribution in [3.8, 4) is 11.5 Å². The van der Waals surface area contributed by atoms with Crippen LogP contribution < -0.4 is 14.8 Å². The molecule has 0 saturated heterocycles. The highest BCUT2D eigenvalue weighted by atomic mass is 19.1. The Labute approximate surface area is 191 Å². The number of ether oxygens (including phenoxy) is 2. The molecule has 1 heterocycles. The second kappa shape index (κ2) is 10.2. The Morgan fingerprint density at radius 1 is 1.09 bits per heavy atom. The lowest BCUT2D eigenvalue weighted by molar-refractivity contribution is -0.133. The molecule has 1 aliphatic rings. The van der Waals surface area contributed by atoms with E-state index in [9.17, 15) is 14.0 Å². The summed E-state index contributed by atoms with van der Waals surface area (Å²) >= 11 is 0. The number of carbonyl (C=O) groups is 2. The first-order valence-corrected chi connectivity index (χ1v) is 10.7. The van der Waals surface area contributed by atoms with E-state index in [-0.39, 0.29) is 30.7 Å². The predicted octanol–water partition coefficient (Wildman–Crippen LogP) is 3.98. The lowest BCUT2D eigenvalue weighted by Gasteiger charge is -2.20. The van der Waals surface area contributed by atoms with Crippen molar-refractivity contribution in [2.24, 2.45) is 0 Å². The van der Waals surface area contributed by atoms with Gasteiger partial charge in [0.25, 0.3) is 5.91 Å². The molecule has 1 N–H and O–H groups in total. The largest absolute Gasteiger partial charge is 0.497 e. The first-order chi connectivity index (χ1) is 16.0. The molecule has 0 radical (unpaired) electrons. The lowest BCUT2D eigenvalue weighted by atomic mass is 10.1. The van der Waals surface area contributed by atoms with Crippen LogP contribution >= 0.6 is 0 Å². The summed E-state index contributed by atoms with van der Waals surface area (Å²) in [6, 6.07) is 19.0. The van der Waals surface area contributed by atoms with Crippen LogP contribution in [-0.4, -0.2) is 37.0 Å². The van der Waals surface area contributed by atoms with Crippen LogP contribution in [0.4, 0.5) is 10.1 Å². The number of methoxy groups -OCH3 is 1. The highest BCUT2D eigenvalue weighted by molar-refractivity contribution is 5.92. The summed E-state index contributed by atoms with van der Waals surface area (Å²) in [6.45, 7) is 0.812. The zero-order valence-electron chi connectivity index (χ0n) is 18.3. The van der Waals surface area contributed by atoms with Crippen molar-refractivity contribution in [2.75, 3.05) is 25.6 Å². The molecule has 0 aromatic heterocycles. The molecule has 0 bridgehead atoms. The summed E-state index contributed by atoms with van der Waals surface area (Å²) < 4.78 is 24.0. The Morgan fingerprint density at radius 3 is 2.70 bits per heavy atom. The molecule has 6 nitrogen and oxygen atoms in total. The molecule has 7 heteroatoms. The van der Waals surface area contributed by atoms with Gasteiger partial charge in [0, 0.05) is 24.3 Å². The molecule has 0 unspecified atom stereocenters. The molecule has 2 amide bonds. The SMILES string of the molecule is COc1cccc(CC(=O)Nc2ccc3c(c2)CN(CCc2ccc(F)cc2)C(=O)CO3)c1. The van der Waals surface area contributed by atoms with Gasteiger partial charge in [-0.3, -0.25) is 9.59 Å². The Bertz CT molecular complexity index is 1150. The first kappa shape index (κ1) is 22.3. The van der Waals surface area contributed by atoms with E-state index in [2.05, 4.69) is 5.32 Å². The second-order valence-corrected chi connectivity index (χ2v) is 7.88. The smallest absolute Gasteiger partial charge is 0.260 e. The molecule has 33 heavy (non-hydrogen) atoms. The van der Waals surface area contributed by atoms with Gasteiger partial charge in [-0.05, 0) is 60.0 Å². The summed E-state index contributed by atoms with van der Waals surface area (Å²) in [5, 5.41) is 2.91. The maximum Gasteiger partial charge on any atom is 0.260 e. The number of fused-ring (bicyclic) bond motifs is 1. The predicted molar refractivity (Wildman–Crippen MR) is 123 cm³/mol. The molecule has 0 spiro atoms. The Kier molecular flexibility index (Phi) is 6.88. The number of hydrogen-bond acceptors (Lipinski definition) is 4. The van der Waals surface area contributed by atoms with Gasteiger partial charge in [0.1, 0.15) is 17.3 Å². The third-order valence-electron chi connectivity index (χ3n) is 5.49. The summed E-state index contributed by atoms with van der Waals surface area (Å²) in [7, 11) is 1.59. The monoisotopic (exact) mass is 448 g/mol. The Morgan fingerprint density at radius 2 is 1.91 bits per heavy atom. The van der Waals surface area contributed by atoms with Crippen molar-refractivity contribution in [3.05, 3.63) is 89.2 Å². The van der Waals surface area contributed by atoms with Crippen LogP contribution in [0.2, 0.25) is 0 Å². The number of halogens is 1. The number of anilines is 1. The summed E-state index contributed by atoms with van der Waals surface area (Å²) in [5.74, 6) is 0.776. The van der Waals surface area contributed by atoms with E-state index >= 15 is 0 Å². The maximum atomic E-state index is 13.1. The fraction of sp³-hybridized carbons (Fsp3) is 0.231. The molecule has 3 aromatic carbocycles. The normalized spacial score (nSPS) is 13.0. The van der Waals surface area contributed by atoms with E-state index in [1.165, 1.54) is 12.1 Å². The Balaban J connectivity index is 1.42. The highest BCUT2D eigenvalue weighted by Crippen LogP contribution is 2.27. The molecule has 0 aliphatic carbocycles. The molecular weight excluding hydrogens is 423 g/mol. The molecule has 0 atom stereocenters. The van der Waals surface area contributed by atoms with E-state index in [0.717, 1.165) is 16.7 Å². The number of carbonyl (C=O) groups excluding carboxylic acids is 2. The van der Waals surface area contributed by atoms with Crippen LogP contribution in [-0.2, 0) is 29.0 Å². The zero-order chi connectivity index (χ0) is 23.2. The summed E-state index contributed by atoms with van der Waals surface area (Å²) in [6.07, 6.45) is 0.825. The summed E-state index contributed by atoms with van der Waals surface area (Å²) in [5.41, 5.74) is 3.26. The first-order valence-electron chi connectivity index (χ1n) is 10.7. The van der Waals surface area contributed by atoms with Crippen molar-refractivity contribution in [2.45, 2.75) is 19.4 Å². The minimum Gasteiger partial charge on any atom is -0.497 e. The average Bonchev–Trinajstić information content (AvgIpc) is 2.97. The molecular formula is C26H25FN2O4. The van der Waals surface area contributed by atoms with Gasteiger partial charge >= 0.3 is 0 Å². The standard InChI is InChI=1S/C26H25FN2O4/c1-32-23-4-2-3-19(13-23)14-25(30)28-22-9-10-24-20(15-22)16-29(26(31)17-33-24)12-11-18-5-7-21(27)8-6-18/h2-10,13,15H,11-12,14,16-17H2,1H3,(H,28,30). The van der Waals surface area contributed by atoms with Gasteiger partial charge in [-0.1, -0.05) is 24.3 Å². The molecule has 170 valence electrons. The van der Waals surface area contributed by atoms with E-state index in [0.29, 0.717) is 36.7 Å². The van der Waals surface area contributed by atoms with Crippen LogP contribution in [0.15, 0.2) is 66.7 Å².